The van der Waals surface area contributed by atoms with E-state index in [2.05, 4.69) is 53.8 Å². The van der Waals surface area contributed by atoms with Crippen LogP contribution in [0.5, 0.6) is 0 Å². The number of hydrogen-bond donors (Lipinski definition) is 1. The first-order valence-electron chi connectivity index (χ1n) is 4.50. The molecule has 1 nitrogen and oxygen atoms in total. The highest BCUT2D eigenvalue weighted by atomic mass is 127. The van der Waals surface area contributed by atoms with Crippen LogP contribution < -0.4 is 0 Å². The van der Waals surface area contributed by atoms with Gasteiger partial charge in [-0.15, -0.1) is 0 Å². The maximum atomic E-state index is 9.26. The van der Waals surface area contributed by atoms with Gasteiger partial charge in [0.15, 0.2) is 0 Å². The largest absolute Gasteiger partial charge is 0.396 e. The van der Waals surface area contributed by atoms with E-state index in [0.717, 1.165) is 0 Å². The van der Waals surface area contributed by atoms with E-state index < -0.39 is 0 Å². The van der Waals surface area contributed by atoms with Crippen molar-refractivity contribution in [3.63, 3.8) is 0 Å². The van der Waals surface area contributed by atoms with Crippen molar-refractivity contribution >= 4 is 22.6 Å². The van der Waals surface area contributed by atoms with Gasteiger partial charge in [0.05, 0.1) is 6.61 Å². The summed E-state index contributed by atoms with van der Waals surface area (Å²) in [7, 11) is 0. The number of halogens is 1. The first-order chi connectivity index (χ1) is 6.20. The molecular weight excluding hydrogens is 275 g/mol. The smallest absolute Gasteiger partial charge is 0.0501 e. The van der Waals surface area contributed by atoms with Crippen molar-refractivity contribution in [3.8, 4) is 0 Å². The lowest BCUT2D eigenvalue weighted by Crippen LogP contribution is -2.05. The van der Waals surface area contributed by atoms with Crippen molar-refractivity contribution in [3.05, 3.63) is 35.9 Å². The summed E-state index contributed by atoms with van der Waals surface area (Å²) < 4.78 is 0.581. The molecule has 1 aromatic carbocycles. The molecule has 0 radical (unpaired) electrons. The highest BCUT2D eigenvalue weighted by Crippen LogP contribution is 2.63. The molecule has 1 aliphatic rings. The van der Waals surface area contributed by atoms with Crippen LogP contribution >= 0.6 is 22.6 Å². The second kappa shape index (κ2) is 3.24. The Kier molecular flexibility index (Phi) is 2.36. The summed E-state index contributed by atoms with van der Waals surface area (Å²) in [5.41, 5.74) is 1.47. The molecule has 0 saturated heterocycles. The molecule has 1 saturated carbocycles. The second-order valence-electron chi connectivity index (χ2n) is 3.95. The van der Waals surface area contributed by atoms with Gasteiger partial charge in [-0.2, -0.15) is 0 Å². The molecule has 1 aliphatic carbocycles. The van der Waals surface area contributed by atoms with Crippen LogP contribution in [-0.4, -0.2) is 15.6 Å². The minimum Gasteiger partial charge on any atom is -0.396 e. The molecule has 0 amide bonds. The maximum absolute atomic E-state index is 9.26. The lowest BCUT2D eigenvalue weighted by atomic mass is 10.0. The lowest BCUT2D eigenvalue weighted by Gasteiger charge is -2.05. The van der Waals surface area contributed by atoms with Crippen LogP contribution in [0.4, 0.5) is 0 Å². The fraction of sp³-hybridized carbons (Fsp3) is 0.455. The predicted molar refractivity (Wildman–Crippen MR) is 62.2 cm³/mol. The van der Waals surface area contributed by atoms with Crippen LogP contribution in [0, 0.1) is 5.41 Å². The average molecular weight is 288 g/mol. The zero-order valence-corrected chi connectivity index (χ0v) is 9.73. The van der Waals surface area contributed by atoms with Crippen molar-refractivity contribution in [2.24, 2.45) is 5.41 Å². The number of hydrogen-bond acceptors (Lipinski definition) is 1. The molecule has 1 aromatic rings. The van der Waals surface area contributed by atoms with Gasteiger partial charge in [0.25, 0.3) is 0 Å². The van der Waals surface area contributed by atoms with E-state index in [1.807, 2.05) is 6.07 Å². The van der Waals surface area contributed by atoms with E-state index in [-0.39, 0.29) is 5.41 Å². The van der Waals surface area contributed by atoms with E-state index in [1.165, 1.54) is 5.56 Å². The number of rotatable bonds is 2. The zero-order valence-electron chi connectivity index (χ0n) is 7.57. The highest BCUT2D eigenvalue weighted by molar-refractivity contribution is 14.1. The fourth-order valence-corrected chi connectivity index (χ4v) is 3.52. The van der Waals surface area contributed by atoms with Crippen LogP contribution in [0.2, 0.25) is 0 Å². The minimum absolute atomic E-state index is 0.113. The molecule has 0 heterocycles. The monoisotopic (exact) mass is 288 g/mol. The highest BCUT2D eigenvalue weighted by Gasteiger charge is 2.59. The molecule has 1 fully saturated rings. The maximum Gasteiger partial charge on any atom is 0.0501 e. The summed E-state index contributed by atoms with van der Waals surface area (Å²) in [6.07, 6.45) is 0. The van der Waals surface area contributed by atoms with Crippen LogP contribution in [0.1, 0.15) is 18.4 Å². The van der Waals surface area contributed by atoms with Crippen LogP contribution in [0.15, 0.2) is 30.3 Å². The zero-order chi connectivity index (χ0) is 9.47. The summed E-state index contributed by atoms with van der Waals surface area (Å²) >= 11 is 2.44. The van der Waals surface area contributed by atoms with Crippen LogP contribution in [-0.2, 0) is 0 Å². The summed E-state index contributed by atoms with van der Waals surface area (Å²) in [6.45, 7) is 2.45. The molecule has 13 heavy (non-hydrogen) atoms. The minimum atomic E-state index is 0.113. The van der Waals surface area contributed by atoms with Crippen LogP contribution in [0.3, 0.4) is 0 Å². The first-order valence-corrected chi connectivity index (χ1v) is 5.74. The Labute approximate surface area is 92.3 Å². The molecular formula is C11H13IO. The Hall–Kier alpha value is -0.0900. The van der Waals surface area contributed by atoms with E-state index in [0.29, 0.717) is 16.4 Å². The molecule has 0 bridgehead atoms. The quantitative estimate of drug-likeness (QED) is 0.655. The number of alkyl halides is 1. The Morgan fingerprint density at radius 2 is 2.00 bits per heavy atom. The van der Waals surface area contributed by atoms with Gasteiger partial charge in [-0.3, -0.25) is 0 Å². The lowest BCUT2D eigenvalue weighted by molar-refractivity contribution is 0.222. The Balaban J connectivity index is 2.23. The molecule has 2 rings (SSSR count). The van der Waals surface area contributed by atoms with Crippen molar-refractivity contribution < 1.29 is 5.11 Å². The number of aliphatic hydroxyl groups excluding tert-OH is 1. The van der Waals surface area contributed by atoms with Gasteiger partial charge in [-0.1, -0.05) is 59.8 Å². The normalized spacial score (nSPS) is 37.5. The number of benzene rings is 1. The van der Waals surface area contributed by atoms with Crippen molar-refractivity contribution in [2.75, 3.05) is 6.61 Å². The molecule has 0 aliphatic heterocycles. The summed E-state index contributed by atoms with van der Waals surface area (Å²) in [6, 6.07) is 10.5. The van der Waals surface area contributed by atoms with Crippen LogP contribution in [0.25, 0.3) is 0 Å². The molecule has 2 heteroatoms. The standard InChI is InChI=1S/C11H13IO/c1-11(7-13)9(10(11)12)8-5-3-2-4-6-8/h2-6,9-10,13H,7H2,1H3/t9-,10+,11+/m0/s1. The van der Waals surface area contributed by atoms with Gasteiger partial charge >= 0.3 is 0 Å². The Morgan fingerprint density at radius 1 is 1.38 bits per heavy atom. The van der Waals surface area contributed by atoms with Gasteiger partial charge in [-0.25, -0.2) is 0 Å². The van der Waals surface area contributed by atoms with E-state index in [9.17, 15) is 5.11 Å². The summed E-state index contributed by atoms with van der Waals surface area (Å²) in [5.74, 6) is 0.541. The van der Waals surface area contributed by atoms with Gasteiger partial charge in [0.1, 0.15) is 0 Å². The number of aliphatic hydroxyl groups is 1. The van der Waals surface area contributed by atoms with Crippen molar-refractivity contribution in [1.82, 2.24) is 0 Å². The van der Waals surface area contributed by atoms with Gasteiger partial charge in [0.2, 0.25) is 0 Å². The average Bonchev–Trinajstić information content (AvgIpc) is 2.72. The predicted octanol–water partition coefficient (Wildman–Crippen LogP) is 2.59. The molecule has 70 valence electrons. The van der Waals surface area contributed by atoms with E-state index >= 15 is 0 Å². The molecule has 0 unspecified atom stereocenters. The first kappa shape index (κ1) is 9.46. The molecule has 0 spiro atoms. The summed E-state index contributed by atoms with van der Waals surface area (Å²) in [5, 5.41) is 9.26. The van der Waals surface area contributed by atoms with E-state index in [1.54, 1.807) is 0 Å². The van der Waals surface area contributed by atoms with Gasteiger partial charge in [-0.05, 0) is 5.56 Å². The molecule has 3 atom stereocenters. The Bertz CT molecular complexity index is 298. The fourth-order valence-electron chi connectivity index (χ4n) is 1.90. The Morgan fingerprint density at radius 3 is 2.46 bits per heavy atom. The summed E-state index contributed by atoms with van der Waals surface area (Å²) in [4.78, 5) is 0. The van der Waals surface area contributed by atoms with Crippen molar-refractivity contribution in [2.45, 2.75) is 16.8 Å². The molecule has 0 aromatic heterocycles. The molecule has 1 N–H and O–H groups in total. The third-order valence-corrected chi connectivity index (χ3v) is 5.17. The topological polar surface area (TPSA) is 20.2 Å². The SMILES string of the molecule is C[C@]1(CO)[C@H](I)[C@@H]1c1ccccc1. The third kappa shape index (κ3) is 1.40. The van der Waals surface area contributed by atoms with Gasteiger partial charge in [0, 0.05) is 15.3 Å². The van der Waals surface area contributed by atoms with Crippen molar-refractivity contribution in [1.29, 1.82) is 0 Å². The van der Waals surface area contributed by atoms with E-state index in [4.69, 9.17) is 0 Å². The van der Waals surface area contributed by atoms with Gasteiger partial charge < -0.3 is 5.11 Å². The third-order valence-electron chi connectivity index (χ3n) is 3.02. The second-order valence-corrected chi connectivity index (χ2v) is 5.30.